The van der Waals surface area contributed by atoms with Gasteiger partial charge in [-0.1, -0.05) is 23.7 Å². The summed E-state index contributed by atoms with van der Waals surface area (Å²) in [7, 11) is 0. The fourth-order valence-corrected chi connectivity index (χ4v) is 2.89. The molecule has 6 nitrogen and oxygen atoms in total. The van der Waals surface area contributed by atoms with Crippen LogP contribution in [0.3, 0.4) is 0 Å². The van der Waals surface area contributed by atoms with Crippen molar-refractivity contribution in [3.05, 3.63) is 29.4 Å². The van der Waals surface area contributed by atoms with E-state index in [1.54, 1.807) is 0 Å². The van der Waals surface area contributed by atoms with E-state index in [0.717, 1.165) is 23.9 Å². The predicted molar refractivity (Wildman–Crippen MR) is 81.8 cm³/mol. The van der Waals surface area contributed by atoms with Crippen LogP contribution in [-0.4, -0.2) is 29.0 Å². The van der Waals surface area contributed by atoms with Gasteiger partial charge in [-0.25, -0.2) is 15.8 Å². The van der Waals surface area contributed by atoms with Gasteiger partial charge in [-0.3, -0.25) is 10.2 Å². The van der Waals surface area contributed by atoms with Gasteiger partial charge in [0.25, 0.3) is 0 Å². The summed E-state index contributed by atoms with van der Waals surface area (Å²) in [5.41, 5.74) is 3.81. The number of carbonyl (C=O) groups excluding carboxylic acids is 1. The number of nitrogens with zero attached hydrogens (tertiary/aromatic N) is 3. The van der Waals surface area contributed by atoms with Crippen molar-refractivity contribution in [2.75, 3.05) is 18.0 Å². The van der Waals surface area contributed by atoms with Crippen molar-refractivity contribution in [3.63, 3.8) is 0 Å². The summed E-state index contributed by atoms with van der Waals surface area (Å²) < 4.78 is 0. The van der Waals surface area contributed by atoms with Gasteiger partial charge in [0, 0.05) is 19.0 Å². The van der Waals surface area contributed by atoms with E-state index in [-0.39, 0.29) is 11.8 Å². The third kappa shape index (κ3) is 2.77. The fourth-order valence-electron chi connectivity index (χ4n) is 2.64. The van der Waals surface area contributed by atoms with Crippen LogP contribution in [0.25, 0.3) is 11.0 Å². The number of nitrogens with two attached hydrogens (primary N) is 1. The average Bonchev–Trinajstić information content (AvgIpc) is 2.53. The molecule has 1 aliphatic rings. The molecule has 0 spiro atoms. The highest BCUT2D eigenvalue weighted by Crippen LogP contribution is 2.28. The van der Waals surface area contributed by atoms with E-state index in [2.05, 4.69) is 20.3 Å². The first-order chi connectivity index (χ1) is 10.2. The highest BCUT2D eigenvalue weighted by atomic mass is 35.5. The molecule has 7 heteroatoms. The zero-order chi connectivity index (χ0) is 14.8. The summed E-state index contributed by atoms with van der Waals surface area (Å²) in [6.45, 7) is 1.43. The number of benzene rings is 1. The molecule has 1 fully saturated rings. The normalized spacial score (nSPS) is 16.2. The van der Waals surface area contributed by atoms with Crippen LogP contribution in [0.5, 0.6) is 0 Å². The SMILES string of the molecule is NNC(=O)C1CCN(c2nc3ccccc3nc2Cl)CC1. The van der Waals surface area contributed by atoms with Crippen LogP contribution in [-0.2, 0) is 4.79 Å². The monoisotopic (exact) mass is 305 g/mol. The molecule has 0 aliphatic carbocycles. The molecule has 3 N–H and O–H groups in total. The van der Waals surface area contributed by atoms with Crippen molar-refractivity contribution in [3.8, 4) is 0 Å². The molecule has 1 aromatic heterocycles. The Kier molecular flexibility index (Phi) is 3.90. The lowest BCUT2D eigenvalue weighted by atomic mass is 9.96. The van der Waals surface area contributed by atoms with E-state index >= 15 is 0 Å². The van der Waals surface area contributed by atoms with Crippen molar-refractivity contribution < 1.29 is 4.79 Å². The second kappa shape index (κ2) is 5.83. The van der Waals surface area contributed by atoms with E-state index in [0.29, 0.717) is 24.1 Å². The van der Waals surface area contributed by atoms with Gasteiger partial charge in [0.05, 0.1) is 11.0 Å². The Balaban J connectivity index is 1.82. The third-order valence-corrected chi connectivity index (χ3v) is 4.07. The maximum atomic E-state index is 11.5. The molecule has 21 heavy (non-hydrogen) atoms. The molecule has 110 valence electrons. The smallest absolute Gasteiger partial charge is 0.237 e. The van der Waals surface area contributed by atoms with Crippen molar-refractivity contribution in [1.82, 2.24) is 15.4 Å². The molecule has 3 rings (SSSR count). The Morgan fingerprint density at radius 2 is 1.86 bits per heavy atom. The number of halogens is 1. The van der Waals surface area contributed by atoms with Crippen molar-refractivity contribution in [1.29, 1.82) is 0 Å². The van der Waals surface area contributed by atoms with Crippen molar-refractivity contribution >= 4 is 34.4 Å². The molecule has 1 aliphatic heterocycles. The van der Waals surface area contributed by atoms with Crippen LogP contribution in [0.15, 0.2) is 24.3 Å². The minimum Gasteiger partial charge on any atom is -0.354 e. The van der Waals surface area contributed by atoms with E-state index in [1.165, 1.54) is 0 Å². The summed E-state index contributed by atoms with van der Waals surface area (Å²) >= 11 is 6.25. The fraction of sp³-hybridized carbons (Fsp3) is 0.357. The Morgan fingerprint density at radius 3 is 2.48 bits per heavy atom. The maximum absolute atomic E-state index is 11.5. The van der Waals surface area contributed by atoms with Gasteiger partial charge < -0.3 is 4.90 Å². The first-order valence-corrected chi connectivity index (χ1v) is 7.24. The van der Waals surface area contributed by atoms with Crippen molar-refractivity contribution in [2.24, 2.45) is 11.8 Å². The van der Waals surface area contributed by atoms with Gasteiger partial charge in [-0.2, -0.15) is 0 Å². The number of hydrazine groups is 1. The number of carbonyl (C=O) groups is 1. The zero-order valence-electron chi connectivity index (χ0n) is 11.4. The van der Waals surface area contributed by atoms with Gasteiger partial charge in [0.2, 0.25) is 5.91 Å². The number of rotatable bonds is 2. The second-order valence-corrected chi connectivity index (χ2v) is 5.45. The highest BCUT2D eigenvalue weighted by molar-refractivity contribution is 6.32. The molecule has 2 heterocycles. The molecule has 1 saturated heterocycles. The molecular formula is C14H16ClN5O. The molecule has 1 amide bonds. The van der Waals surface area contributed by atoms with Crippen LogP contribution in [0.4, 0.5) is 5.82 Å². The summed E-state index contributed by atoms with van der Waals surface area (Å²) in [6.07, 6.45) is 1.46. The minimum absolute atomic E-state index is 0.0431. The number of amides is 1. The number of nitrogens with one attached hydrogen (secondary N) is 1. The van der Waals surface area contributed by atoms with Gasteiger partial charge >= 0.3 is 0 Å². The molecule has 2 aromatic rings. The molecule has 0 unspecified atom stereocenters. The van der Waals surface area contributed by atoms with Crippen LogP contribution in [0.2, 0.25) is 5.15 Å². The van der Waals surface area contributed by atoms with Gasteiger partial charge in [-0.15, -0.1) is 0 Å². The van der Waals surface area contributed by atoms with Gasteiger partial charge in [0.1, 0.15) is 0 Å². The number of para-hydroxylation sites is 2. The van der Waals surface area contributed by atoms with Crippen LogP contribution in [0.1, 0.15) is 12.8 Å². The molecule has 0 bridgehead atoms. The highest BCUT2D eigenvalue weighted by Gasteiger charge is 2.26. The Bertz CT molecular complexity index is 669. The number of fused-ring (bicyclic) bond motifs is 1. The van der Waals surface area contributed by atoms with Crippen LogP contribution >= 0.6 is 11.6 Å². The minimum atomic E-state index is -0.106. The zero-order valence-corrected chi connectivity index (χ0v) is 12.2. The first-order valence-electron chi connectivity index (χ1n) is 6.86. The lowest BCUT2D eigenvalue weighted by Gasteiger charge is -2.32. The number of hydrogen-bond acceptors (Lipinski definition) is 5. The summed E-state index contributed by atoms with van der Waals surface area (Å²) in [5.74, 6) is 5.71. The van der Waals surface area contributed by atoms with E-state index in [9.17, 15) is 4.79 Å². The van der Waals surface area contributed by atoms with Crippen LogP contribution in [0, 0.1) is 5.92 Å². The average molecular weight is 306 g/mol. The molecule has 0 atom stereocenters. The standard InChI is InChI=1S/C14H16ClN5O/c15-12-13(18-11-4-2-1-3-10(11)17-12)20-7-5-9(6-8-20)14(21)19-16/h1-4,9H,5-8,16H2,(H,19,21). The first kappa shape index (κ1) is 14.0. The largest absolute Gasteiger partial charge is 0.354 e. The Labute approximate surface area is 127 Å². The van der Waals surface area contributed by atoms with E-state index < -0.39 is 0 Å². The summed E-state index contributed by atoms with van der Waals surface area (Å²) in [5, 5.41) is 0.399. The molecular weight excluding hydrogens is 290 g/mol. The lowest BCUT2D eigenvalue weighted by molar-refractivity contribution is -0.125. The van der Waals surface area contributed by atoms with Crippen molar-refractivity contribution in [2.45, 2.75) is 12.8 Å². The summed E-state index contributed by atoms with van der Waals surface area (Å²) in [4.78, 5) is 22.6. The Hall–Kier alpha value is -1.92. The van der Waals surface area contributed by atoms with Gasteiger partial charge in [0.15, 0.2) is 11.0 Å². The van der Waals surface area contributed by atoms with Crippen LogP contribution < -0.4 is 16.2 Å². The van der Waals surface area contributed by atoms with E-state index in [1.807, 2.05) is 24.3 Å². The molecule has 0 radical (unpaired) electrons. The second-order valence-electron chi connectivity index (χ2n) is 5.10. The third-order valence-electron chi connectivity index (χ3n) is 3.82. The number of aromatic nitrogens is 2. The Morgan fingerprint density at radius 1 is 1.24 bits per heavy atom. The van der Waals surface area contributed by atoms with E-state index in [4.69, 9.17) is 17.4 Å². The number of anilines is 1. The van der Waals surface area contributed by atoms with Gasteiger partial charge in [-0.05, 0) is 25.0 Å². The number of hydrogen-bond donors (Lipinski definition) is 2. The summed E-state index contributed by atoms with van der Waals surface area (Å²) in [6, 6.07) is 7.63. The topological polar surface area (TPSA) is 84.1 Å². The quantitative estimate of drug-likeness (QED) is 0.499. The molecule has 1 aromatic carbocycles. The maximum Gasteiger partial charge on any atom is 0.237 e. The predicted octanol–water partition coefficient (Wildman–Crippen LogP) is 1.49. The number of piperidine rings is 1. The lowest BCUT2D eigenvalue weighted by Crippen LogP contribution is -2.43. The molecule has 0 saturated carbocycles.